The minimum absolute atomic E-state index is 0.584. The molecular formula is C8H15NS2. The monoisotopic (exact) mass is 189 g/mol. The summed E-state index contributed by atoms with van der Waals surface area (Å²) in [6.07, 6.45) is 2.68. The zero-order valence-electron chi connectivity index (χ0n) is 6.93. The summed E-state index contributed by atoms with van der Waals surface area (Å²) in [7, 11) is 0. The van der Waals surface area contributed by atoms with Crippen molar-refractivity contribution >= 4 is 23.5 Å². The van der Waals surface area contributed by atoms with E-state index in [-0.39, 0.29) is 0 Å². The average molecular weight is 189 g/mol. The highest BCUT2D eigenvalue weighted by atomic mass is 32.2. The second-order valence-corrected chi connectivity index (χ2v) is 6.51. The van der Waals surface area contributed by atoms with E-state index in [4.69, 9.17) is 0 Å². The minimum Gasteiger partial charge on any atom is -0.312 e. The van der Waals surface area contributed by atoms with E-state index in [1.807, 2.05) is 0 Å². The Labute approximate surface area is 77.1 Å². The van der Waals surface area contributed by atoms with Crippen molar-refractivity contribution in [2.45, 2.75) is 29.9 Å². The Morgan fingerprint density at radius 3 is 2.73 bits per heavy atom. The van der Waals surface area contributed by atoms with Crippen LogP contribution in [0.2, 0.25) is 0 Å². The number of hydrogen-bond acceptors (Lipinski definition) is 3. The molecule has 1 unspecified atom stereocenters. The van der Waals surface area contributed by atoms with Crippen LogP contribution in [0.4, 0.5) is 0 Å². The summed E-state index contributed by atoms with van der Waals surface area (Å²) in [5.74, 6) is 2.73. The first-order valence-electron chi connectivity index (χ1n) is 4.36. The molecule has 2 rings (SSSR count). The van der Waals surface area contributed by atoms with Crippen LogP contribution < -0.4 is 5.32 Å². The Morgan fingerprint density at radius 1 is 1.45 bits per heavy atom. The van der Waals surface area contributed by atoms with Gasteiger partial charge in [0, 0.05) is 24.1 Å². The molecule has 0 amide bonds. The third-order valence-electron chi connectivity index (χ3n) is 2.52. The molecule has 3 heteroatoms. The Morgan fingerprint density at radius 2 is 2.18 bits per heavy atom. The molecule has 1 N–H and O–H groups in total. The fourth-order valence-corrected chi connectivity index (χ4v) is 5.08. The lowest BCUT2D eigenvalue weighted by molar-refractivity contribution is 0.587. The lowest BCUT2D eigenvalue weighted by atomic mass is 10.2. The molecule has 1 atom stereocenters. The zero-order valence-corrected chi connectivity index (χ0v) is 8.56. The van der Waals surface area contributed by atoms with E-state index >= 15 is 0 Å². The third kappa shape index (κ3) is 1.56. The molecule has 64 valence electrons. The standard InChI is InChI=1S/C8H15NS2/c1-2-7-5-8(6-9-7)10-3-4-11-8/h7,9H,2-6H2,1H3. The number of hydrogen-bond donors (Lipinski definition) is 1. The van der Waals surface area contributed by atoms with E-state index in [9.17, 15) is 0 Å². The molecule has 2 heterocycles. The smallest absolute Gasteiger partial charge is 0.0750 e. The molecule has 11 heavy (non-hydrogen) atoms. The van der Waals surface area contributed by atoms with Gasteiger partial charge in [-0.2, -0.15) is 0 Å². The second-order valence-electron chi connectivity index (χ2n) is 3.30. The molecule has 2 aliphatic heterocycles. The van der Waals surface area contributed by atoms with Crippen molar-refractivity contribution in [3.63, 3.8) is 0 Å². The van der Waals surface area contributed by atoms with Gasteiger partial charge < -0.3 is 5.32 Å². The van der Waals surface area contributed by atoms with Gasteiger partial charge in [0.2, 0.25) is 0 Å². The molecule has 1 nitrogen and oxygen atoms in total. The van der Waals surface area contributed by atoms with Crippen LogP contribution in [-0.2, 0) is 0 Å². The Bertz CT molecular complexity index is 143. The topological polar surface area (TPSA) is 12.0 Å². The normalized spacial score (nSPS) is 35.2. The van der Waals surface area contributed by atoms with Crippen molar-refractivity contribution in [1.29, 1.82) is 0 Å². The summed E-state index contributed by atoms with van der Waals surface area (Å²) in [5, 5.41) is 3.60. The lowest BCUT2D eigenvalue weighted by Gasteiger charge is -2.18. The fourth-order valence-electron chi connectivity index (χ4n) is 1.83. The molecule has 0 bridgehead atoms. The van der Waals surface area contributed by atoms with Gasteiger partial charge in [0.25, 0.3) is 0 Å². The van der Waals surface area contributed by atoms with Gasteiger partial charge in [0.1, 0.15) is 0 Å². The highest BCUT2D eigenvalue weighted by Crippen LogP contribution is 2.49. The van der Waals surface area contributed by atoms with E-state index in [1.165, 1.54) is 30.9 Å². The molecule has 2 saturated heterocycles. The maximum atomic E-state index is 3.60. The van der Waals surface area contributed by atoms with Gasteiger partial charge in [-0.1, -0.05) is 6.92 Å². The SMILES string of the molecule is CCC1CC2(CN1)SCCS2. The lowest BCUT2D eigenvalue weighted by Crippen LogP contribution is -2.22. The first-order valence-corrected chi connectivity index (χ1v) is 6.33. The van der Waals surface area contributed by atoms with Crippen molar-refractivity contribution in [1.82, 2.24) is 5.32 Å². The van der Waals surface area contributed by atoms with Crippen LogP contribution in [-0.4, -0.2) is 28.2 Å². The van der Waals surface area contributed by atoms with Crippen LogP contribution in [0.1, 0.15) is 19.8 Å². The van der Waals surface area contributed by atoms with Crippen LogP contribution >= 0.6 is 23.5 Å². The minimum atomic E-state index is 0.584. The molecule has 0 aromatic rings. The quantitative estimate of drug-likeness (QED) is 0.677. The predicted octanol–water partition coefficient (Wildman–Crippen LogP) is 1.93. The molecule has 2 fully saturated rings. The first kappa shape index (κ1) is 8.27. The molecule has 0 aromatic carbocycles. The summed E-state index contributed by atoms with van der Waals surface area (Å²) in [6, 6.07) is 0.799. The van der Waals surface area contributed by atoms with Gasteiger partial charge in [-0.15, -0.1) is 23.5 Å². The average Bonchev–Trinajstić information content (AvgIpc) is 2.62. The Balaban J connectivity index is 1.96. The number of nitrogens with one attached hydrogen (secondary N) is 1. The summed E-state index contributed by atoms with van der Waals surface area (Å²) in [4.78, 5) is 0. The molecule has 1 spiro atoms. The van der Waals surface area contributed by atoms with Gasteiger partial charge >= 0.3 is 0 Å². The molecule has 0 radical (unpaired) electrons. The van der Waals surface area contributed by atoms with E-state index in [2.05, 4.69) is 35.8 Å². The van der Waals surface area contributed by atoms with E-state index < -0.39 is 0 Å². The molecule has 2 aliphatic rings. The summed E-state index contributed by atoms with van der Waals surface area (Å²) in [6.45, 7) is 3.52. The second kappa shape index (κ2) is 3.19. The van der Waals surface area contributed by atoms with Crippen LogP contribution in [0.15, 0.2) is 0 Å². The van der Waals surface area contributed by atoms with E-state index in [0.29, 0.717) is 4.08 Å². The molecule has 0 aromatic heterocycles. The van der Waals surface area contributed by atoms with Gasteiger partial charge in [0.05, 0.1) is 4.08 Å². The van der Waals surface area contributed by atoms with Crippen molar-refractivity contribution in [3.05, 3.63) is 0 Å². The highest BCUT2D eigenvalue weighted by Gasteiger charge is 2.41. The zero-order chi connectivity index (χ0) is 7.73. The van der Waals surface area contributed by atoms with Crippen molar-refractivity contribution in [2.24, 2.45) is 0 Å². The van der Waals surface area contributed by atoms with Gasteiger partial charge in [-0.25, -0.2) is 0 Å². The summed E-state index contributed by atoms with van der Waals surface area (Å²) >= 11 is 4.34. The number of thioether (sulfide) groups is 2. The third-order valence-corrected chi connectivity index (χ3v) is 5.98. The fraction of sp³-hybridized carbons (Fsp3) is 1.00. The van der Waals surface area contributed by atoms with Crippen LogP contribution in [0.25, 0.3) is 0 Å². The van der Waals surface area contributed by atoms with Gasteiger partial charge in [-0.05, 0) is 12.8 Å². The number of rotatable bonds is 1. The van der Waals surface area contributed by atoms with Crippen LogP contribution in [0.5, 0.6) is 0 Å². The predicted molar refractivity (Wildman–Crippen MR) is 54.3 cm³/mol. The molecule has 0 saturated carbocycles. The summed E-state index contributed by atoms with van der Waals surface area (Å²) < 4.78 is 0.584. The van der Waals surface area contributed by atoms with Crippen molar-refractivity contribution in [2.75, 3.05) is 18.1 Å². The Hall–Kier alpha value is 0.660. The largest absolute Gasteiger partial charge is 0.312 e. The first-order chi connectivity index (χ1) is 5.35. The van der Waals surface area contributed by atoms with E-state index in [1.54, 1.807) is 0 Å². The molecular weight excluding hydrogens is 174 g/mol. The highest BCUT2D eigenvalue weighted by molar-refractivity contribution is 8.21. The Kier molecular flexibility index (Phi) is 2.40. The van der Waals surface area contributed by atoms with E-state index in [0.717, 1.165) is 6.04 Å². The van der Waals surface area contributed by atoms with Gasteiger partial charge in [-0.3, -0.25) is 0 Å². The maximum absolute atomic E-state index is 3.60. The van der Waals surface area contributed by atoms with Crippen LogP contribution in [0.3, 0.4) is 0 Å². The van der Waals surface area contributed by atoms with Crippen LogP contribution in [0, 0.1) is 0 Å². The summed E-state index contributed by atoms with van der Waals surface area (Å²) in [5.41, 5.74) is 0. The maximum Gasteiger partial charge on any atom is 0.0750 e. The van der Waals surface area contributed by atoms with Gasteiger partial charge in [0.15, 0.2) is 0 Å². The molecule has 0 aliphatic carbocycles. The van der Waals surface area contributed by atoms with Crippen molar-refractivity contribution < 1.29 is 0 Å². The van der Waals surface area contributed by atoms with Crippen molar-refractivity contribution in [3.8, 4) is 0 Å².